The second-order valence-electron chi connectivity index (χ2n) is 6.00. The van der Waals surface area contributed by atoms with Gasteiger partial charge in [-0.3, -0.25) is 0 Å². The average molecular weight is 296 g/mol. The number of thioether (sulfide) groups is 1. The molecule has 2 bridgehead atoms. The molecule has 0 aromatic heterocycles. The Morgan fingerprint density at radius 1 is 1.20 bits per heavy atom. The van der Waals surface area contributed by atoms with Gasteiger partial charge in [-0.05, 0) is 49.9 Å². The van der Waals surface area contributed by atoms with Crippen molar-refractivity contribution < 1.29 is 14.2 Å². The van der Waals surface area contributed by atoms with E-state index in [4.69, 9.17) is 4.74 Å². The maximum Gasteiger partial charge on any atom is 0.123 e. The Hall–Kier alpha value is -0.740. The molecule has 2 unspecified atom stereocenters. The minimum Gasteiger partial charge on any atom is -0.493 e. The van der Waals surface area contributed by atoms with Crippen LogP contribution in [0.3, 0.4) is 0 Å². The van der Waals surface area contributed by atoms with Gasteiger partial charge in [-0.15, -0.1) is 0 Å². The van der Waals surface area contributed by atoms with Crippen molar-refractivity contribution in [2.24, 2.45) is 0 Å². The monoisotopic (exact) mass is 296 g/mol. The summed E-state index contributed by atoms with van der Waals surface area (Å²) in [5.74, 6) is 0.411. The van der Waals surface area contributed by atoms with Gasteiger partial charge in [0, 0.05) is 16.9 Å². The van der Waals surface area contributed by atoms with Crippen LogP contribution in [0.25, 0.3) is 0 Å². The SMILES string of the molecule is OC1(CCOc2ccc(F)cc2)CC2CCCC(C1)S2. The summed E-state index contributed by atoms with van der Waals surface area (Å²) in [5.41, 5.74) is -0.568. The predicted molar refractivity (Wildman–Crippen MR) is 79.7 cm³/mol. The number of ether oxygens (including phenoxy) is 1. The van der Waals surface area contributed by atoms with Gasteiger partial charge in [-0.1, -0.05) is 6.42 Å². The Kier molecular flexibility index (Phi) is 4.22. The normalized spacial score (nSPS) is 32.9. The molecule has 0 aliphatic carbocycles. The Morgan fingerprint density at radius 3 is 2.50 bits per heavy atom. The molecule has 0 saturated carbocycles. The number of halogens is 1. The third kappa shape index (κ3) is 3.47. The molecule has 2 atom stereocenters. The van der Waals surface area contributed by atoms with Crippen molar-refractivity contribution in [1.82, 2.24) is 0 Å². The fraction of sp³-hybridized carbons (Fsp3) is 0.625. The molecule has 2 aliphatic heterocycles. The van der Waals surface area contributed by atoms with Gasteiger partial charge in [-0.25, -0.2) is 4.39 Å². The van der Waals surface area contributed by atoms with Crippen LogP contribution in [0.15, 0.2) is 24.3 Å². The van der Waals surface area contributed by atoms with Crippen LogP contribution in [0.1, 0.15) is 38.5 Å². The third-order valence-corrected chi connectivity index (χ3v) is 5.88. The first-order valence-electron chi connectivity index (χ1n) is 7.39. The molecule has 0 spiro atoms. The summed E-state index contributed by atoms with van der Waals surface area (Å²) in [4.78, 5) is 0. The fourth-order valence-electron chi connectivity index (χ4n) is 3.31. The van der Waals surface area contributed by atoms with Gasteiger partial charge >= 0.3 is 0 Å². The molecule has 0 radical (unpaired) electrons. The molecule has 0 amide bonds. The minimum atomic E-state index is -0.568. The van der Waals surface area contributed by atoms with E-state index in [1.807, 2.05) is 0 Å². The molecule has 2 nitrogen and oxygen atoms in total. The number of rotatable bonds is 4. The Balaban J connectivity index is 1.51. The van der Waals surface area contributed by atoms with Crippen LogP contribution in [0.5, 0.6) is 5.75 Å². The Labute approximate surface area is 123 Å². The van der Waals surface area contributed by atoms with E-state index >= 15 is 0 Å². The largest absolute Gasteiger partial charge is 0.493 e. The zero-order chi connectivity index (χ0) is 14.0. The lowest BCUT2D eigenvalue weighted by Gasteiger charge is -2.43. The molecule has 2 heterocycles. The third-order valence-electron chi connectivity index (χ3n) is 4.30. The van der Waals surface area contributed by atoms with Crippen molar-refractivity contribution >= 4 is 11.8 Å². The Morgan fingerprint density at radius 2 is 1.85 bits per heavy atom. The van der Waals surface area contributed by atoms with Gasteiger partial charge in [-0.2, -0.15) is 11.8 Å². The summed E-state index contributed by atoms with van der Waals surface area (Å²) in [7, 11) is 0. The first-order valence-corrected chi connectivity index (χ1v) is 8.33. The lowest BCUT2D eigenvalue weighted by molar-refractivity contribution is -0.00576. The van der Waals surface area contributed by atoms with Crippen LogP contribution in [0, 0.1) is 5.82 Å². The van der Waals surface area contributed by atoms with E-state index in [9.17, 15) is 9.50 Å². The van der Waals surface area contributed by atoms with E-state index < -0.39 is 5.60 Å². The summed E-state index contributed by atoms with van der Waals surface area (Å²) >= 11 is 2.06. The minimum absolute atomic E-state index is 0.256. The van der Waals surface area contributed by atoms with Gasteiger partial charge in [0.1, 0.15) is 11.6 Å². The van der Waals surface area contributed by atoms with Crippen molar-refractivity contribution in [3.63, 3.8) is 0 Å². The molecule has 3 rings (SSSR count). The quantitative estimate of drug-likeness (QED) is 0.917. The molecule has 2 saturated heterocycles. The first-order chi connectivity index (χ1) is 9.63. The molecule has 1 N–H and O–H groups in total. The summed E-state index contributed by atoms with van der Waals surface area (Å²) in [6.07, 6.45) is 6.23. The molecule has 1 aromatic rings. The number of aliphatic hydroxyl groups is 1. The van der Waals surface area contributed by atoms with Crippen molar-refractivity contribution in [3.8, 4) is 5.75 Å². The highest BCUT2D eigenvalue weighted by molar-refractivity contribution is 8.00. The maximum absolute atomic E-state index is 12.8. The smallest absolute Gasteiger partial charge is 0.123 e. The van der Waals surface area contributed by atoms with Crippen molar-refractivity contribution in [3.05, 3.63) is 30.1 Å². The molecule has 1 aromatic carbocycles. The van der Waals surface area contributed by atoms with Crippen molar-refractivity contribution in [1.29, 1.82) is 0 Å². The van der Waals surface area contributed by atoms with Crippen molar-refractivity contribution in [2.45, 2.75) is 54.6 Å². The topological polar surface area (TPSA) is 29.5 Å². The number of benzene rings is 1. The van der Waals surface area contributed by atoms with Gasteiger partial charge < -0.3 is 9.84 Å². The van der Waals surface area contributed by atoms with E-state index in [0.29, 0.717) is 29.3 Å². The highest BCUT2D eigenvalue weighted by Crippen LogP contribution is 2.46. The highest BCUT2D eigenvalue weighted by atomic mass is 32.2. The first kappa shape index (κ1) is 14.2. The maximum atomic E-state index is 12.8. The van der Waals surface area contributed by atoms with Crippen LogP contribution in [-0.4, -0.2) is 27.8 Å². The summed E-state index contributed by atoms with van der Waals surface area (Å²) in [5, 5.41) is 12.0. The van der Waals surface area contributed by atoms with E-state index in [1.54, 1.807) is 12.1 Å². The lowest BCUT2D eigenvalue weighted by Crippen LogP contribution is -2.43. The van der Waals surface area contributed by atoms with Crippen LogP contribution in [0.2, 0.25) is 0 Å². The van der Waals surface area contributed by atoms with Crippen LogP contribution in [0.4, 0.5) is 4.39 Å². The number of hydrogen-bond donors (Lipinski definition) is 1. The van der Waals surface area contributed by atoms with Crippen LogP contribution in [-0.2, 0) is 0 Å². The van der Waals surface area contributed by atoms with Gasteiger partial charge in [0.25, 0.3) is 0 Å². The standard InChI is InChI=1S/C16H21FO2S/c17-12-4-6-13(7-5-12)19-9-8-16(18)10-14-2-1-3-15(11-16)20-14/h4-7,14-15,18H,1-3,8-11H2. The zero-order valence-electron chi connectivity index (χ0n) is 11.6. The molecular formula is C16H21FO2S. The fourth-order valence-corrected chi connectivity index (χ4v) is 5.27. The molecule has 20 heavy (non-hydrogen) atoms. The van der Waals surface area contributed by atoms with E-state index in [-0.39, 0.29) is 5.82 Å². The van der Waals surface area contributed by atoms with Crippen LogP contribution < -0.4 is 4.74 Å². The molecule has 4 heteroatoms. The second kappa shape index (κ2) is 5.94. The van der Waals surface area contributed by atoms with E-state index in [1.165, 1.54) is 31.4 Å². The number of fused-ring (bicyclic) bond motifs is 2. The highest BCUT2D eigenvalue weighted by Gasteiger charge is 2.41. The van der Waals surface area contributed by atoms with E-state index in [2.05, 4.69) is 11.8 Å². The Bertz CT molecular complexity index is 436. The van der Waals surface area contributed by atoms with Crippen molar-refractivity contribution in [2.75, 3.05) is 6.61 Å². The summed E-state index contributed by atoms with van der Waals surface area (Å²) < 4.78 is 18.4. The summed E-state index contributed by atoms with van der Waals surface area (Å²) in [6.45, 7) is 0.492. The predicted octanol–water partition coefficient (Wildman–Crippen LogP) is 3.77. The van der Waals surface area contributed by atoms with E-state index in [0.717, 1.165) is 12.8 Å². The van der Waals surface area contributed by atoms with Gasteiger partial charge in [0.05, 0.1) is 12.2 Å². The summed E-state index contributed by atoms with van der Waals surface area (Å²) in [6, 6.07) is 6.05. The van der Waals surface area contributed by atoms with Gasteiger partial charge in [0.2, 0.25) is 0 Å². The van der Waals surface area contributed by atoms with Crippen LogP contribution >= 0.6 is 11.8 Å². The molecule has 110 valence electrons. The average Bonchev–Trinajstić information content (AvgIpc) is 2.40. The molecular weight excluding hydrogens is 275 g/mol. The number of hydrogen-bond acceptors (Lipinski definition) is 3. The second-order valence-corrected chi connectivity index (χ2v) is 7.60. The van der Waals surface area contributed by atoms with Gasteiger partial charge in [0.15, 0.2) is 0 Å². The molecule has 2 fully saturated rings. The lowest BCUT2D eigenvalue weighted by atomic mass is 9.83. The molecule has 2 aliphatic rings. The zero-order valence-corrected chi connectivity index (χ0v) is 12.4.